The number of para-hydroxylation sites is 1. The van der Waals surface area contributed by atoms with Crippen LogP contribution in [0.15, 0.2) is 24.3 Å². The molecule has 5 nitrogen and oxygen atoms in total. The van der Waals surface area contributed by atoms with Crippen molar-refractivity contribution in [1.82, 2.24) is 5.32 Å². The molecule has 1 fully saturated rings. The van der Waals surface area contributed by atoms with Crippen LogP contribution in [0.25, 0.3) is 0 Å². The Morgan fingerprint density at radius 3 is 2.86 bits per heavy atom. The minimum atomic E-state index is -0.964. The number of benzene rings is 1. The summed E-state index contributed by atoms with van der Waals surface area (Å²) >= 11 is 0. The average Bonchev–Trinajstić information content (AvgIpc) is 2.52. The summed E-state index contributed by atoms with van der Waals surface area (Å²) in [5.74, 6) is 0.102. The van der Waals surface area contributed by atoms with Crippen molar-refractivity contribution in [3.8, 4) is 5.75 Å². The molecule has 5 heteroatoms. The van der Waals surface area contributed by atoms with Crippen LogP contribution in [0, 0.1) is 5.92 Å². The summed E-state index contributed by atoms with van der Waals surface area (Å²) in [5, 5.41) is 12.5. The molecule has 1 saturated heterocycles. The van der Waals surface area contributed by atoms with Crippen LogP contribution in [-0.2, 0) is 4.74 Å². The smallest absolute Gasteiger partial charge is 0.339 e. The van der Waals surface area contributed by atoms with Crippen molar-refractivity contribution >= 4 is 5.97 Å². The summed E-state index contributed by atoms with van der Waals surface area (Å²) in [6.07, 6.45) is 2.19. The first-order valence-electron chi connectivity index (χ1n) is 7.44. The van der Waals surface area contributed by atoms with Crippen molar-refractivity contribution in [2.24, 2.45) is 5.92 Å². The van der Waals surface area contributed by atoms with Crippen molar-refractivity contribution in [1.29, 1.82) is 0 Å². The fraction of sp³-hybridized carbons (Fsp3) is 0.562. The lowest BCUT2D eigenvalue weighted by atomic mass is 9.93. The van der Waals surface area contributed by atoms with Gasteiger partial charge in [0.1, 0.15) is 17.9 Å². The SMILES string of the molecule is CC(NCCOc1ccccc1C(=O)O)C1CCOCC1. The third-order valence-corrected chi connectivity index (χ3v) is 3.92. The van der Waals surface area contributed by atoms with E-state index in [9.17, 15) is 4.79 Å². The summed E-state index contributed by atoms with van der Waals surface area (Å²) in [5.41, 5.74) is 0.204. The van der Waals surface area contributed by atoms with Crippen LogP contribution < -0.4 is 10.1 Å². The van der Waals surface area contributed by atoms with Crippen molar-refractivity contribution in [2.45, 2.75) is 25.8 Å². The maximum absolute atomic E-state index is 11.1. The van der Waals surface area contributed by atoms with Gasteiger partial charge in [-0.25, -0.2) is 4.79 Å². The average molecular weight is 293 g/mol. The predicted octanol–water partition coefficient (Wildman–Crippen LogP) is 2.17. The zero-order valence-corrected chi connectivity index (χ0v) is 12.4. The van der Waals surface area contributed by atoms with Gasteiger partial charge in [0.25, 0.3) is 0 Å². The molecule has 116 valence electrons. The topological polar surface area (TPSA) is 67.8 Å². The zero-order valence-electron chi connectivity index (χ0n) is 12.4. The standard InChI is InChI=1S/C16H23NO4/c1-12(13-6-9-20-10-7-13)17-8-11-21-15-5-3-2-4-14(15)16(18)19/h2-5,12-13,17H,6-11H2,1H3,(H,18,19). The summed E-state index contributed by atoms with van der Waals surface area (Å²) in [6.45, 7) is 5.03. The quantitative estimate of drug-likeness (QED) is 0.754. The van der Waals surface area contributed by atoms with E-state index in [1.54, 1.807) is 24.3 Å². The predicted molar refractivity (Wildman–Crippen MR) is 79.9 cm³/mol. The molecule has 1 heterocycles. The van der Waals surface area contributed by atoms with E-state index in [0.717, 1.165) is 26.1 Å². The normalized spacial score (nSPS) is 17.4. The summed E-state index contributed by atoms with van der Waals surface area (Å²) in [6, 6.07) is 7.13. The number of hydrogen-bond donors (Lipinski definition) is 2. The number of carboxylic acid groups (broad SMARTS) is 1. The highest BCUT2D eigenvalue weighted by Gasteiger charge is 2.19. The third kappa shape index (κ3) is 4.72. The molecule has 1 aromatic carbocycles. The van der Waals surface area contributed by atoms with Crippen LogP contribution in [0.3, 0.4) is 0 Å². The van der Waals surface area contributed by atoms with Crippen molar-refractivity contribution in [2.75, 3.05) is 26.4 Å². The lowest BCUT2D eigenvalue weighted by Gasteiger charge is -2.28. The van der Waals surface area contributed by atoms with Gasteiger partial charge < -0.3 is 19.9 Å². The molecule has 21 heavy (non-hydrogen) atoms. The number of carbonyl (C=O) groups is 1. The minimum absolute atomic E-state index is 0.204. The molecule has 1 unspecified atom stereocenters. The molecule has 2 rings (SSSR count). The fourth-order valence-corrected chi connectivity index (χ4v) is 2.60. The monoisotopic (exact) mass is 293 g/mol. The van der Waals surface area contributed by atoms with Crippen LogP contribution >= 0.6 is 0 Å². The van der Waals surface area contributed by atoms with Gasteiger partial charge >= 0.3 is 5.97 Å². The van der Waals surface area contributed by atoms with Crippen LogP contribution in [-0.4, -0.2) is 43.5 Å². The van der Waals surface area contributed by atoms with Crippen LogP contribution in [0.2, 0.25) is 0 Å². The zero-order chi connectivity index (χ0) is 15.1. The molecule has 0 amide bonds. The Morgan fingerprint density at radius 2 is 2.14 bits per heavy atom. The number of rotatable bonds is 7. The molecule has 0 radical (unpaired) electrons. The van der Waals surface area contributed by atoms with E-state index in [-0.39, 0.29) is 5.56 Å². The first kappa shape index (κ1) is 15.8. The number of nitrogens with one attached hydrogen (secondary N) is 1. The second-order valence-corrected chi connectivity index (χ2v) is 5.34. The Labute approximate surface area is 125 Å². The number of hydrogen-bond acceptors (Lipinski definition) is 4. The molecule has 1 aliphatic heterocycles. The highest BCUT2D eigenvalue weighted by atomic mass is 16.5. The lowest BCUT2D eigenvalue weighted by Crippen LogP contribution is -2.38. The van der Waals surface area contributed by atoms with Gasteiger partial charge in [-0.3, -0.25) is 0 Å². The van der Waals surface area contributed by atoms with Gasteiger partial charge in [-0.2, -0.15) is 0 Å². The van der Waals surface area contributed by atoms with Gasteiger partial charge in [-0.1, -0.05) is 12.1 Å². The minimum Gasteiger partial charge on any atom is -0.491 e. The van der Waals surface area contributed by atoms with E-state index in [4.69, 9.17) is 14.6 Å². The van der Waals surface area contributed by atoms with Gasteiger partial charge in [0, 0.05) is 25.8 Å². The van der Waals surface area contributed by atoms with Crippen LogP contribution in [0.5, 0.6) is 5.75 Å². The first-order valence-corrected chi connectivity index (χ1v) is 7.44. The molecule has 0 aromatic heterocycles. The maximum Gasteiger partial charge on any atom is 0.339 e. The van der Waals surface area contributed by atoms with E-state index in [1.165, 1.54) is 0 Å². The van der Waals surface area contributed by atoms with E-state index in [1.807, 2.05) is 0 Å². The second kappa shape index (κ2) is 8.00. The molecular weight excluding hydrogens is 270 g/mol. The Morgan fingerprint density at radius 1 is 1.43 bits per heavy atom. The highest BCUT2D eigenvalue weighted by Crippen LogP contribution is 2.19. The lowest BCUT2D eigenvalue weighted by molar-refractivity contribution is 0.0555. The van der Waals surface area contributed by atoms with Crippen molar-refractivity contribution in [3.63, 3.8) is 0 Å². The molecule has 0 spiro atoms. The Kier molecular flexibility index (Phi) is 6.02. The van der Waals surface area contributed by atoms with Crippen molar-refractivity contribution in [3.05, 3.63) is 29.8 Å². The van der Waals surface area contributed by atoms with Crippen LogP contribution in [0.1, 0.15) is 30.1 Å². The van der Waals surface area contributed by atoms with Gasteiger partial charge in [0.2, 0.25) is 0 Å². The Balaban J connectivity index is 1.73. The summed E-state index contributed by atoms with van der Waals surface area (Å²) in [4.78, 5) is 11.1. The van der Waals surface area contributed by atoms with E-state index < -0.39 is 5.97 Å². The van der Waals surface area contributed by atoms with Crippen LogP contribution in [0.4, 0.5) is 0 Å². The van der Waals surface area contributed by atoms with E-state index in [2.05, 4.69) is 12.2 Å². The molecule has 0 saturated carbocycles. The molecule has 1 aromatic rings. The molecule has 1 atom stereocenters. The fourth-order valence-electron chi connectivity index (χ4n) is 2.60. The Hall–Kier alpha value is -1.59. The van der Waals surface area contributed by atoms with E-state index in [0.29, 0.717) is 30.9 Å². The number of ether oxygens (including phenoxy) is 2. The molecule has 0 aliphatic carbocycles. The molecule has 1 aliphatic rings. The maximum atomic E-state index is 11.1. The summed E-state index contributed by atoms with van der Waals surface area (Å²) < 4.78 is 10.9. The second-order valence-electron chi connectivity index (χ2n) is 5.34. The highest BCUT2D eigenvalue weighted by molar-refractivity contribution is 5.90. The first-order chi connectivity index (χ1) is 10.2. The number of carboxylic acids is 1. The molecular formula is C16H23NO4. The van der Waals surface area contributed by atoms with Gasteiger partial charge in [-0.15, -0.1) is 0 Å². The van der Waals surface area contributed by atoms with Crippen molar-refractivity contribution < 1.29 is 19.4 Å². The Bertz CT molecular complexity index is 457. The van der Waals surface area contributed by atoms with Gasteiger partial charge in [0.15, 0.2) is 0 Å². The summed E-state index contributed by atoms with van der Waals surface area (Å²) in [7, 11) is 0. The molecule has 0 bridgehead atoms. The third-order valence-electron chi connectivity index (χ3n) is 3.92. The largest absolute Gasteiger partial charge is 0.491 e. The van der Waals surface area contributed by atoms with Gasteiger partial charge in [-0.05, 0) is 37.8 Å². The number of aromatic carboxylic acids is 1. The van der Waals surface area contributed by atoms with E-state index >= 15 is 0 Å². The van der Waals surface area contributed by atoms with Gasteiger partial charge in [0.05, 0.1) is 0 Å². The molecule has 2 N–H and O–H groups in total.